The lowest BCUT2D eigenvalue weighted by molar-refractivity contribution is -0.129. The fourth-order valence-corrected chi connectivity index (χ4v) is 2.91. The molecular weight excluding hydrogens is 328 g/mol. The smallest absolute Gasteiger partial charge is 0.294 e. The average molecular weight is 348 g/mol. The summed E-state index contributed by atoms with van der Waals surface area (Å²) in [7, 11) is 1.54. The SMILES string of the molecule is COc1ccccc1/C=C1\SC(=O)N(CC(=O)NCC(C)C)C1=O. The van der Waals surface area contributed by atoms with Crippen molar-refractivity contribution in [1.82, 2.24) is 10.2 Å². The zero-order valence-electron chi connectivity index (χ0n) is 13.9. The van der Waals surface area contributed by atoms with Crippen molar-refractivity contribution >= 4 is 34.9 Å². The van der Waals surface area contributed by atoms with Gasteiger partial charge in [0.15, 0.2) is 0 Å². The molecule has 24 heavy (non-hydrogen) atoms. The number of nitrogens with one attached hydrogen (secondary N) is 1. The number of imide groups is 1. The van der Waals surface area contributed by atoms with Crippen molar-refractivity contribution in [3.8, 4) is 5.75 Å². The summed E-state index contributed by atoms with van der Waals surface area (Å²) in [5.74, 6) is 0.105. The largest absolute Gasteiger partial charge is 0.496 e. The van der Waals surface area contributed by atoms with Crippen LogP contribution >= 0.6 is 11.8 Å². The van der Waals surface area contributed by atoms with Crippen LogP contribution in [0.3, 0.4) is 0 Å². The van der Waals surface area contributed by atoms with Crippen LogP contribution in [-0.2, 0) is 9.59 Å². The molecule has 128 valence electrons. The Morgan fingerprint density at radius 3 is 2.71 bits per heavy atom. The molecule has 1 saturated heterocycles. The van der Waals surface area contributed by atoms with Crippen LogP contribution in [0.15, 0.2) is 29.2 Å². The highest BCUT2D eigenvalue weighted by atomic mass is 32.2. The summed E-state index contributed by atoms with van der Waals surface area (Å²) in [6.45, 7) is 4.18. The minimum absolute atomic E-state index is 0.263. The number of para-hydroxylation sites is 1. The second kappa shape index (κ2) is 8.01. The minimum atomic E-state index is -0.462. The molecule has 0 aromatic heterocycles. The lowest BCUT2D eigenvalue weighted by Gasteiger charge is -2.13. The molecule has 1 aliphatic rings. The van der Waals surface area contributed by atoms with Crippen molar-refractivity contribution in [2.75, 3.05) is 20.2 Å². The van der Waals surface area contributed by atoms with Crippen LogP contribution in [0.5, 0.6) is 5.75 Å². The molecule has 1 aromatic carbocycles. The number of carbonyl (C=O) groups excluding carboxylic acids is 3. The molecular formula is C17H20N2O4S. The lowest BCUT2D eigenvalue weighted by Crippen LogP contribution is -2.40. The van der Waals surface area contributed by atoms with E-state index in [9.17, 15) is 14.4 Å². The Morgan fingerprint density at radius 2 is 2.04 bits per heavy atom. The molecule has 3 amide bonds. The Bertz CT molecular complexity index is 685. The lowest BCUT2D eigenvalue weighted by atomic mass is 10.2. The third kappa shape index (κ3) is 4.38. The van der Waals surface area contributed by atoms with Gasteiger partial charge in [0.25, 0.3) is 11.1 Å². The topological polar surface area (TPSA) is 75.7 Å². The number of amides is 3. The zero-order chi connectivity index (χ0) is 17.7. The monoisotopic (exact) mass is 348 g/mol. The van der Waals surface area contributed by atoms with Crippen molar-refractivity contribution in [2.45, 2.75) is 13.8 Å². The minimum Gasteiger partial charge on any atom is -0.496 e. The Kier molecular flexibility index (Phi) is 6.03. The van der Waals surface area contributed by atoms with Gasteiger partial charge in [-0.25, -0.2) is 0 Å². The second-order valence-electron chi connectivity index (χ2n) is 5.71. The van der Waals surface area contributed by atoms with E-state index in [2.05, 4.69) is 5.32 Å². The molecule has 0 aliphatic carbocycles. The molecule has 0 unspecified atom stereocenters. The molecule has 0 atom stereocenters. The van der Waals surface area contributed by atoms with Gasteiger partial charge in [-0.15, -0.1) is 0 Å². The Morgan fingerprint density at radius 1 is 1.33 bits per heavy atom. The van der Waals surface area contributed by atoms with E-state index in [1.165, 1.54) is 7.11 Å². The maximum Gasteiger partial charge on any atom is 0.294 e. The van der Waals surface area contributed by atoms with E-state index in [-0.39, 0.29) is 17.4 Å². The standard InChI is InChI=1S/C17H20N2O4S/c1-11(2)9-18-15(20)10-19-16(21)14(24-17(19)22)8-12-6-4-5-7-13(12)23-3/h4-8,11H,9-10H2,1-3H3,(H,18,20)/b14-8-. The normalized spacial score (nSPS) is 16.2. The molecule has 0 bridgehead atoms. The summed E-state index contributed by atoms with van der Waals surface area (Å²) in [6, 6.07) is 7.20. The fraction of sp³-hybridized carbons (Fsp3) is 0.353. The number of hydrogen-bond donors (Lipinski definition) is 1. The van der Waals surface area contributed by atoms with Crippen LogP contribution < -0.4 is 10.1 Å². The molecule has 1 heterocycles. The van der Waals surface area contributed by atoms with Crippen LogP contribution in [0, 0.1) is 5.92 Å². The molecule has 0 radical (unpaired) electrons. The third-order valence-corrected chi connectivity index (χ3v) is 4.22. The maximum atomic E-state index is 12.4. The molecule has 1 fully saturated rings. The third-order valence-electron chi connectivity index (χ3n) is 3.31. The first-order valence-corrected chi connectivity index (χ1v) is 8.39. The predicted molar refractivity (Wildman–Crippen MR) is 93.5 cm³/mol. The molecule has 1 N–H and O–H groups in total. The van der Waals surface area contributed by atoms with E-state index in [1.807, 2.05) is 26.0 Å². The van der Waals surface area contributed by atoms with Gasteiger partial charge in [0, 0.05) is 12.1 Å². The van der Waals surface area contributed by atoms with Crippen LogP contribution in [0.25, 0.3) is 6.08 Å². The predicted octanol–water partition coefficient (Wildman–Crippen LogP) is 2.50. The van der Waals surface area contributed by atoms with Crippen molar-refractivity contribution in [1.29, 1.82) is 0 Å². The van der Waals surface area contributed by atoms with Crippen molar-refractivity contribution < 1.29 is 19.1 Å². The molecule has 6 nitrogen and oxygen atoms in total. The summed E-state index contributed by atoms with van der Waals surface area (Å²) in [4.78, 5) is 37.5. The number of thioether (sulfide) groups is 1. The van der Waals surface area contributed by atoms with Crippen molar-refractivity contribution in [2.24, 2.45) is 5.92 Å². The Hall–Kier alpha value is -2.28. The Balaban J connectivity index is 2.11. The molecule has 1 aliphatic heterocycles. The average Bonchev–Trinajstić information content (AvgIpc) is 2.81. The van der Waals surface area contributed by atoms with E-state index in [1.54, 1.807) is 18.2 Å². The van der Waals surface area contributed by atoms with Crippen LogP contribution in [0.1, 0.15) is 19.4 Å². The van der Waals surface area contributed by atoms with Gasteiger partial charge in [-0.1, -0.05) is 32.0 Å². The van der Waals surface area contributed by atoms with E-state index in [0.717, 1.165) is 16.7 Å². The van der Waals surface area contributed by atoms with Crippen molar-refractivity contribution in [3.63, 3.8) is 0 Å². The van der Waals surface area contributed by atoms with Gasteiger partial charge in [-0.05, 0) is 29.8 Å². The highest BCUT2D eigenvalue weighted by Gasteiger charge is 2.36. The number of benzene rings is 1. The number of nitrogens with zero attached hydrogens (tertiary/aromatic N) is 1. The van der Waals surface area contributed by atoms with Gasteiger partial charge in [0.2, 0.25) is 5.91 Å². The van der Waals surface area contributed by atoms with Gasteiger partial charge in [0.1, 0.15) is 12.3 Å². The molecule has 0 spiro atoms. The van der Waals surface area contributed by atoms with E-state index in [4.69, 9.17) is 4.74 Å². The first-order chi connectivity index (χ1) is 11.4. The number of ether oxygens (including phenoxy) is 1. The summed E-state index contributed by atoms with van der Waals surface area (Å²) >= 11 is 0.825. The van der Waals surface area contributed by atoms with Gasteiger partial charge in [0.05, 0.1) is 12.0 Å². The van der Waals surface area contributed by atoms with Gasteiger partial charge < -0.3 is 10.1 Å². The molecule has 2 rings (SSSR count). The van der Waals surface area contributed by atoms with E-state index in [0.29, 0.717) is 23.8 Å². The first-order valence-electron chi connectivity index (χ1n) is 7.57. The molecule has 1 aromatic rings. The Labute approximate surface area is 145 Å². The summed E-state index contributed by atoms with van der Waals surface area (Å²) in [5.41, 5.74) is 0.703. The second-order valence-corrected chi connectivity index (χ2v) is 6.70. The van der Waals surface area contributed by atoms with E-state index >= 15 is 0 Å². The zero-order valence-corrected chi connectivity index (χ0v) is 14.7. The highest BCUT2D eigenvalue weighted by Crippen LogP contribution is 2.33. The highest BCUT2D eigenvalue weighted by molar-refractivity contribution is 8.18. The van der Waals surface area contributed by atoms with Crippen molar-refractivity contribution in [3.05, 3.63) is 34.7 Å². The maximum absolute atomic E-state index is 12.4. The summed E-state index contributed by atoms with van der Waals surface area (Å²) < 4.78 is 5.24. The number of hydrogen-bond acceptors (Lipinski definition) is 5. The number of carbonyl (C=O) groups is 3. The fourth-order valence-electron chi connectivity index (χ4n) is 2.08. The van der Waals surface area contributed by atoms with Crippen LogP contribution in [0.2, 0.25) is 0 Å². The summed E-state index contributed by atoms with van der Waals surface area (Å²) in [5, 5.41) is 2.26. The molecule has 7 heteroatoms. The number of methoxy groups -OCH3 is 1. The van der Waals surface area contributed by atoms with Crippen LogP contribution in [0.4, 0.5) is 4.79 Å². The summed E-state index contributed by atoms with van der Waals surface area (Å²) in [6.07, 6.45) is 1.61. The van der Waals surface area contributed by atoms with E-state index < -0.39 is 11.1 Å². The number of rotatable bonds is 6. The first kappa shape index (κ1) is 18.1. The van der Waals surface area contributed by atoms with Gasteiger partial charge >= 0.3 is 0 Å². The molecule has 0 saturated carbocycles. The van der Waals surface area contributed by atoms with Gasteiger partial charge in [-0.3, -0.25) is 19.3 Å². The van der Waals surface area contributed by atoms with Crippen LogP contribution in [-0.4, -0.2) is 42.2 Å². The quantitative estimate of drug-likeness (QED) is 0.800. The van der Waals surface area contributed by atoms with Gasteiger partial charge in [-0.2, -0.15) is 0 Å².